The Balaban J connectivity index is 2.68. The lowest BCUT2D eigenvalue weighted by molar-refractivity contribution is -0.116. The number of carbonyl (C=O) groups excluding carboxylic acids is 1. The van der Waals surface area contributed by atoms with Crippen molar-refractivity contribution >= 4 is 5.91 Å². The number of ether oxygens (including phenoxy) is 1. The molecule has 0 aromatic heterocycles. The van der Waals surface area contributed by atoms with E-state index in [0.29, 0.717) is 5.76 Å². The fraction of sp³-hybridized carbons (Fsp3) is 0.500. The number of hydrogen-bond acceptors (Lipinski definition) is 2. The number of nitrogens with one attached hydrogen (secondary N) is 1. The predicted octanol–water partition coefficient (Wildman–Crippen LogP) is 0.0350. The molecule has 1 heterocycles. The average Bonchev–Trinajstić information content (AvgIpc) is 2.10. The Kier molecular flexibility index (Phi) is 1.42. The van der Waals surface area contributed by atoms with Gasteiger partial charge < -0.3 is 10.1 Å². The molecule has 3 nitrogen and oxygen atoms in total. The molecule has 50 valence electrons. The van der Waals surface area contributed by atoms with Gasteiger partial charge in [-0.2, -0.15) is 0 Å². The topological polar surface area (TPSA) is 38.3 Å². The largest absolute Gasteiger partial charge is 0.499 e. The van der Waals surface area contributed by atoms with Gasteiger partial charge in [0.25, 0.3) is 0 Å². The third kappa shape index (κ3) is 1.04. The number of rotatable bonds is 1. The molecule has 1 unspecified atom stereocenters. The van der Waals surface area contributed by atoms with Gasteiger partial charge in [0.1, 0.15) is 5.76 Å². The Morgan fingerprint density at radius 2 is 2.44 bits per heavy atom. The molecule has 1 rings (SSSR count). The highest BCUT2D eigenvalue weighted by molar-refractivity contribution is 5.91. The first-order valence-electron chi connectivity index (χ1n) is 2.80. The zero-order valence-corrected chi connectivity index (χ0v) is 5.47. The Hall–Kier alpha value is -0.990. The summed E-state index contributed by atoms with van der Waals surface area (Å²) in [7, 11) is 1.56. The maximum Gasteiger partial charge on any atom is 0.248 e. The van der Waals surface area contributed by atoms with Crippen molar-refractivity contribution in [3.05, 3.63) is 11.8 Å². The van der Waals surface area contributed by atoms with Crippen molar-refractivity contribution in [3.63, 3.8) is 0 Å². The van der Waals surface area contributed by atoms with E-state index in [-0.39, 0.29) is 11.9 Å². The van der Waals surface area contributed by atoms with Gasteiger partial charge in [-0.05, 0) is 6.92 Å². The van der Waals surface area contributed by atoms with Crippen LogP contribution in [0, 0.1) is 0 Å². The van der Waals surface area contributed by atoms with Crippen LogP contribution in [0.2, 0.25) is 0 Å². The van der Waals surface area contributed by atoms with Crippen LogP contribution in [0.25, 0.3) is 0 Å². The van der Waals surface area contributed by atoms with E-state index in [1.165, 1.54) is 6.08 Å². The van der Waals surface area contributed by atoms with Crippen LogP contribution in [0.5, 0.6) is 0 Å². The Labute approximate surface area is 53.7 Å². The van der Waals surface area contributed by atoms with E-state index in [1.54, 1.807) is 7.11 Å². The molecule has 0 radical (unpaired) electrons. The maximum absolute atomic E-state index is 10.6. The van der Waals surface area contributed by atoms with E-state index in [1.807, 2.05) is 6.92 Å². The SMILES string of the molecule is COC1=CC(=O)NC1C. The van der Waals surface area contributed by atoms with E-state index in [0.717, 1.165) is 0 Å². The first-order valence-corrected chi connectivity index (χ1v) is 2.80. The fourth-order valence-electron chi connectivity index (χ4n) is 0.816. The molecule has 1 aliphatic rings. The Bertz CT molecular complexity index is 162. The van der Waals surface area contributed by atoms with Crippen LogP contribution in [-0.2, 0) is 9.53 Å². The van der Waals surface area contributed by atoms with E-state index in [4.69, 9.17) is 4.74 Å². The van der Waals surface area contributed by atoms with Crippen LogP contribution in [0.1, 0.15) is 6.92 Å². The van der Waals surface area contributed by atoms with Crippen molar-refractivity contribution in [3.8, 4) is 0 Å². The van der Waals surface area contributed by atoms with Gasteiger partial charge in [0.05, 0.1) is 13.2 Å². The smallest absolute Gasteiger partial charge is 0.248 e. The van der Waals surface area contributed by atoms with Gasteiger partial charge >= 0.3 is 0 Å². The Morgan fingerprint density at radius 3 is 2.67 bits per heavy atom. The lowest BCUT2D eigenvalue weighted by Gasteiger charge is -2.05. The molecule has 0 aromatic rings. The molecule has 0 saturated heterocycles. The van der Waals surface area contributed by atoms with Crippen LogP contribution in [-0.4, -0.2) is 19.1 Å². The Morgan fingerprint density at radius 1 is 1.78 bits per heavy atom. The summed E-state index contributed by atoms with van der Waals surface area (Å²) < 4.78 is 4.87. The van der Waals surface area contributed by atoms with Crippen molar-refractivity contribution in [2.75, 3.05) is 7.11 Å². The van der Waals surface area contributed by atoms with Crippen molar-refractivity contribution in [1.29, 1.82) is 0 Å². The van der Waals surface area contributed by atoms with Gasteiger partial charge in [-0.25, -0.2) is 0 Å². The zero-order valence-electron chi connectivity index (χ0n) is 5.47. The van der Waals surface area contributed by atoms with E-state index in [9.17, 15) is 4.79 Å². The zero-order chi connectivity index (χ0) is 6.85. The molecule has 0 saturated carbocycles. The molecule has 0 fully saturated rings. The van der Waals surface area contributed by atoms with Crippen LogP contribution in [0.4, 0.5) is 0 Å². The predicted molar refractivity (Wildman–Crippen MR) is 32.7 cm³/mol. The fourth-order valence-corrected chi connectivity index (χ4v) is 0.816. The van der Waals surface area contributed by atoms with E-state index >= 15 is 0 Å². The summed E-state index contributed by atoms with van der Waals surface area (Å²) in [6.45, 7) is 1.88. The summed E-state index contributed by atoms with van der Waals surface area (Å²) in [4.78, 5) is 10.6. The van der Waals surface area contributed by atoms with Gasteiger partial charge in [-0.3, -0.25) is 4.79 Å². The molecule has 0 spiro atoms. The minimum atomic E-state index is -0.0700. The first-order chi connectivity index (χ1) is 4.24. The van der Waals surface area contributed by atoms with Crippen LogP contribution < -0.4 is 5.32 Å². The van der Waals surface area contributed by atoms with Gasteiger partial charge in [-0.15, -0.1) is 0 Å². The molecule has 0 aromatic carbocycles. The number of hydrogen-bond donors (Lipinski definition) is 1. The van der Waals surface area contributed by atoms with Crippen LogP contribution >= 0.6 is 0 Å². The van der Waals surface area contributed by atoms with Crippen molar-refractivity contribution in [2.45, 2.75) is 13.0 Å². The van der Waals surface area contributed by atoms with Gasteiger partial charge in [0, 0.05) is 6.08 Å². The molecule has 1 aliphatic heterocycles. The highest BCUT2D eigenvalue weighted by atomic mass is 16.5. The van der Waals surface area contributed by atoms with Crippen LogP contribution in [0.15, 0.2) is 11.8 Å². The monoisotopic (exact) mass is 127 g/mol. The molecular weight excluding hydrogens is 118 g/mol. The van der Waals surface area contributed by atoms with Crippen molar-refractivity contribution in [1.82, 2.24) is 5.32 Å². The molecule has 1 atom stereocenters. The molecule has 0 bridgehead atoms. The number of methoxy groups -OCH3 is 1. The number of carbonyl (C=O) groups is 1. The second-order valence-corrected chi connectivity index (χ2v) is 1.98. The summed E-state index contributed by atoms with van der Waals surface area (Å²) >= 11 is 0. The summed E-state index contributed by atoms with van der Waals surface area (Å²) in [5.41, 5.74) is 0. The van der Waals surface area contributed by atoms with Gasteiger partial charge in [0.15, 0.2) is 0 Å². The van der Waals surface area contributed by atoms with Crippen molar-refractivity contribution < 1.29 is 9.53 Å². The molecule has 0 aliphatic carbocycles. The quantitative estimate of drug-likeness (QED) is 0.540. The summed E-state index contributed by atoms with van der Waals surface area (Å²) in [6.07, 6.45) is 1.46. The summed E-state index contributed by atoms with van der Waals surface area (Å²) in [6, 6.07) is 0.0440. The van der Waals surface area contributed by atoms with Gasteiger partial charge in [-0.1, -0.05) is 0 Å². The van der Waals surface area contributed by atoms with E-state index < -0.39 is 0 Å². The third-order valence-electron chi connectivity index (χ3n) is 1.29. The van der Waals surface area contributed by atoms with Gasteiger partial charge in [0.2, 0.25) is 5.91 Å². The highest BCUT2D eigenvalue weighted by Gasteiger charge is 2.18. The lowest BCUT2D eigenvalue weighted by Crippen LogP contribution is -2.25. The molecule has 1 amide bonds. The van der Waals surface area contributed by atoms with Crippen LogP contribution in [0.3, 0.4) is 0 Å². The summed E-state index contributed by atoms with van der Waals surface area (Å²) in [5.74, 6) is 0.638. The second-order valence-electron chi connectivity index (χ2n) is 1.98. The lowest BCUT2D eigenvalue weighted by atomic mass is 10.3. The molecule has 9 heavy (non-hydrogen) atoms. The number of amides is 1. The minimum Gasteiger partial charge on any atom is -0.499 e. The first kappa shape index (κ1) is 6.13. The average molecular weight is 127 g/mol. The molecule has 3 heteroatoms. The normalized spacial score (nSPS) is 25.3. The summed E-state index contributed by atoms with van der Waals surface area (Å²) in [5, 5.41) is 2.66. The molecular formula is C6H9NO2. The third-order valence-corrected chi connectivity index (χ3v) is 1.29. The van der Waals surface area contributed by atoms with E-state index in [2.05, 4.69) is 5.32 Å². The maximum atomic E-state index is 10.6. The minimum absolute atomic E-state index is 0.0440. The molecule has 1 N–H and O–H groups in total. The standard InChI is InChI=1S/C6H9NO2/c1-4-5(9-2)3-6(8)7-4/h3-4H,1-2H3,(H,7,8). The van der Waals surface area contributed by atoms with Crippen molar-refractivity contribution in [2.24, 2.45) is 0 Å². The second kappa shape index (κ2) is 2.09. The highest BCUT2D eigenvalue weighted by Crippen LogP contribution is 2.07.